The van der Waals surface area contributed by atoms with E-state index in [1.165, 1.54) is 24.2 Å². The second kappa shape index (κ2) is 4.79. The SMILES string of the molecule is CCC(CC1CC1)NC(=O)c1cccs1. The molecule has 1 aromatic heterocycles. The van der Waals surface area contributed by atoms with Gasteiger partial charge in [-0.1, -0.05) is 25.8 Å². The smallest absolute Gasteiger partial charge is 0.261 e. The van der Waals surface area contributed by atoms with Crippen LogP contribution in [0.2, 0.25) is 0 Å². The molecule has 1 aliphatic rings. The molecule has 1 heterocycles. The summed E-state index contributed by atoms with van der Waals surface area (Å²) in [6.45, 7) is 2.14. The highest BCUT2D eigenvalue weighted by atomic mass is 32.1. The molecular formula is C12H17NOS. The van der Waals surface area contributed by atoms with Crippen LogP contribution in [0.3, 0.4) is 0 Å². The Morgan fingerprint density at radius 2 is 2.47 bits per heavy atom. The zero-order valence-corrected chi connectivity index (χ0v) is 9.85. The van der Waals surface area contributed by atoms with Crippen molar-refractivity contribution in [2.24, 2.45) is 5.92 Å². The number of hydrogen-bond acceptors (Lipinski definition) is 2. The molecule has 0 aromatic carbocycles. The lowest BCUT2D eigenvalue weighted by molar-refractivity contribution is 0.0937. The van der Waals surface area contributed by atoms with Crippen molar-refractivity contribution in [1.82, 2.24) is 5.32 Å². The Morgan fingerprint density at radius 3 is 3.00 bits per heavy atom. The number of rotatable bonds is 5. The summed E-state index contributed by atoms with van der Waals surface area (Å²) in [4.78, 5) is 12.6. The molecule has 2 rings (SSSR count). The van der Waals surface area contributed by atoms with Crippen LogP contribution in [-0.2, 0) is 0 Å². The molecule has 1 aliphatic carbocycles. The Balaban J connectivity index is 1.85. The van der Waals surface area contributed by atoms with Crippen molar-refractivity contribution in [3.05, 3.63) is 22.4 Å². The average molecular weight is 223 g/mol. The van der Waals surface area contributed by atoms with E-state index in [-0.39, 0.29) is 5.91 Å². The lowest BCUT2D eigenvalue weighted by Crippen LogP contribution is -2.34. The summed E-state index contributed by atoms with van der Waals surface area (Å²) < 4.78 is 0. The highest BCUT2D eigenvalue weighted by Crippen LogP contribution is 2.34. The van der Waals surface area contributed by atoms with Gasteiger partial charge in [0.05, 0.1) is 4.88 Å². The van der Waals surface area contributed by atoms with Crippen molar-refractivity contribution in [2.45, 2.75) is 38.6 Å². The lowest BCUT2D eigenvalue weighted by atomic mass is 10.1. The Labute approximate surface area is 94.7 Å². The van der Waals surface area contributed by atoms with Gasteiger partial charge in [0, 0.05) is 6.04 Å². The van der Waals surface area contributed by atoms with Crippen molar-refractivity contribution in [1.29, 1.82) is 0 Å². The van der Waals surface area contributed by atoms with E-state index < -0.39 is 0 Å². The summed E-state index contributed by atoms with van der Waals surface area (Å²) >= 11 is 1.51. The van der Waals surface area contributed by atoms with Gasteiger partial charge in [-0.05, 0) is 30.2 Å². The quantitative estimate of drug-likeness (QED) is 0.816. The van der Waals surface area contributed by atoms with Crippen LogP contribution in [-0.4, -0.2) is 11.9 Å². The van der Waals surface area contributed by atoms with Gasteiger partial charge in [0.2, 0.25) is 0 Å². The van der Waals surface area contributed by atoms with E-state index in [1.807, 2.05) is 17.5 Å². The van der Waals surface area contributed by atoms with E-state index in [2.05, 4.69) is 12.2 Å². The number of carbonyl (C=O) groups is 1. The lowest BCUT2D eigenvalue weighted by Gasteiger charge is -2.15. The van der Waals surface area contributed by atoms with Crippen molar-refractivity contribution in [3.8, 4) is 0 Å². The van der Waals surface area contributed by atoms with Gasteiger partial charge in [-0.25, -0.2) is 0 Å². The molecule has 2 nitrogen and oxygen atoms in total. The summed E-state index contributed by atoms with van der Waals surface area (Å²) in [5, 5.41) is 5.05. The first kappa shape index (κ1) is 10.7. The minimum absolute atomic E-state index is 0.0949. The van der Waals surface area contributed by atoms with Crippen molar-refractivity contribution in [2.75, 3.05) is 0 Å². The Hall–Kier alpha value is -0.830. The fourth-order valence-electron chi connectivity index (χ4n) is 1.75. The van der Waals surface area contributed by atoms with Crippen LogP contribution in [0.15, 0.2) is 17.5 Å². The van der Waals surface area contributed by atoms with Crippen molar-refractivity contribution < 1.29 is 4.79 Å². The monoisotopic (exact) mass is 223 g/mol. The van der Waals surface area contributed by atoms with E-state index in [1.54, 1.807) is 0 Å². The van der Waals surface area contributed by atoms with Crippen LogP contribution < -0.4 is 5.32 Å². The maximum absolute atomic E-state index is 11.8. The van der Waals surface area contributed by atoms with Crippen LogP contribution in [0.4, 0.5) is 0 Å². The van der Waals surface area contributed by atoms with Gasteiger partial charge < -0.3 is 5.32 Å². The number of hydrogen-bond donors (Lipinski definition) is 1. The molecule has 0 aliphatic heterocycles. The van der Waals surface area contributed by atoms with Gasteiger partial charge >= 0.3 is 0 Å². The molecule has 15 heavy (non-hydrogen) atoms. The second-order valence-corrected chi connectivity index (χ2v) is 5.18. The molecule has 1 aromatic rings. The van der Waals surface area contributed by atoms with Gasteiger partial charge in [-0.2, -0.15) is 0 Å². The van der Waals surface area contributed by atoms with Gasteiger partial charge in [-0.3, -0.25) is 4.79 Å². The van der Waals surface area contributed by atoms with Gasteiger partial charge in [0.1, 0.15) is 0 Å². The van der Waals surface area contributed by atoms with Crippen molar-refractivity contribution >= 4 is 17.2 Å². The highest BCUT2D eigenvalue weighted by Gasteiger charge is 2.25. The van der Waals surface area contributed by atoms with Crippen LogP contribution in [0.5, 0.6) is 0 Å². The molecule has 0 bridgehead atoms. The highest BCUT2D eigenvalue weighted by molar-refractivity contribution is 7.12. The molecule has 0 radical (unpaired) electrons. The zero-order valence-electron chi connectivity index (χ0n) is 9.03. The first-order valence-corrected chi connectivity index (χ1v) is 6.52. The molecule has 82 valence electrons. The van der Waals surface area contributed by atoms with Crippen LogP contribution in [0, 0.1) is 5.92 Å². The normalized spacial score (nSPS) is 17.4. The predicted octanol–water partition coefficient (Wildman–Crippen LogP) is 3.06. The Morgan fingerprint density at radius 1 is 1.67 bits per heavy atom. The minimum atomic E-state index is 0.0949. The molecule has 1 atom stereocenters. The van der Waals surface area contributed by atoms with Crippen LogP contribution in [0.1, 0.15) is 42.3 Å². The number of carbonyl (C=O) groups excluding carboxylic acids is 1. The first-order valence-electron chi connectivity index (χ1n) is 5.64. The Bertz CT molecular complexity index is 316. The summed E-state index contributed by atoms with van der Waals surface area (Å²) in [5.74, 6) is 0.969. The fraction of sp³-hybridized carbons (Fsp3) is 0.583. The fourth-order valence-corrected chi connectivity index (χ4v) is 2.37. The molecule has 1 fully saturated rings. The van der Waals surface area contributed by atoms with Crippen LogP contribution >= 0.6 is 11.3 Å². The zero-order chi connectivity index (χ0) is 10.7. The van der Waals surface area contributed by atoms with Gasteiger partial charge in [-0.15, -0.1) is 11.3 Å². The summed E-state index contributed by atoms with van der Waals surface area (Å²) in [5.41, 5.74) is 0. The molecule has 1 saturated carbocycles. The maximum atomic E-state index is 11.8. The average Bonchev–Trinajstić information content (AvgIpc) is 2.88. The molecular weight excluding hydrogens is 206 g/mol. The molecule has 0 spiro atoms. The minimum Gasteiger partial charge on any atom is -0.349 e. The second-order valence-electron chi connectivity index (χ2n) is 4.24. The van der Waals surface area contributed by atoms with Crippen molar-refractivity contribution in [3.63, 3.8) is 0 Å². The third-order valence-electron chi connectivity index (χ3n) is 2.89. The number of amides is 1. The van der Waals surface area contributed by atoms with E-state index in [9.17, 15) is 4.79 Å². The summed E-state index contributed by atoms with van der Waals surface area (Å²) in [7, 11) is 0. The van der Waals surface area contributed by atoms with Gasteiger partial charge in [0.25, 0.3) is 5.91 Å². The standard InChI is InChI=1S/C12H17NOS/c1-2-10(8-9-5-6-9)13-12(14)11-4-3-7-15-11/h3-4,7,9-10H,2,5-6,8H2,1H3,(H,13,14). The third-order valence-corrected chi connectivity index (χ3v) is 3.76. The molecule has 3 heteroatoms. The summed E-state index contributed by atoms with van der Waals surface area (Å²) in [6, 6.07) is 4.16. The first-order chi connectivity index (χ1) is 7.29. The maximum Gasteiger partial charge on any atom is 0.261 e. The largest absolute Gasteiger partial charge is 0.349 e. The molecule has 1 unspecified atom stereocenters. The van der Waals surface area contributed by atoms with E-state index in [0.717, 1.165) is 23.6 Å². The number of nitrogens with one attached hydrogen (secondary N) is 1. The summed E-state index contributed by atoms with van der Waals surface area (Å²) in [6.07, 6.45) is 4.90. The van der Waals surface area contributed by atoms with E-state index in [4.69, 9.17) is 0 Å². The molecule has 1 amide bonds. The topological polar surface area (TPSA) is 29.1 Å². The third kappa shape index (κ3) is 3.06. The molecule has 0 saturated heterocycles. The van der Waals surface area contributed by atoms with Crippen LogP contribution in [0.25, 0.3) is 0 Å². The Kier molecular flexibility index (Phi) is 3.41. The molecule has 1 N–H and O–H groups in total. The van der Waals surface area contributed by atoms with E-state index >= 15 is 0 Å². The predicted molar refractivity (Wildman–Crippen MR) is 63.2 cm³/mol. The number of thiophene rings is 1. The van der Waals surface area contributed by atoms with Gasteiger partial charge in [0.15, 0.2) is 0 Å². The van der Waals surface area contributed by atoms with E-state index in [0.29, 0.717) is 6.04 Å².